The highest BCUT2D eigenvalue weighted by molar-refractivity contribution is 5.08. The molecule has 3 nitrogen and oxygen atoms in total. The normalized spacial score (nSPS) is 12.6. The summed E-state index contributed by atoms with van der Waals surface area (Å²) in [6.07, 6.45) is 6.08. The van der Waals surface area contributed by atoms with Gasteiger partial charge in [0.1, 0.15) is 0 Å². The van der Waals surface area contributed by atoms with Crippen LogP contribution < -0.4 is 5.32 Å². The number of hydrogen-bond donors (Lipinski definition) is 1. The van der Waals surface area contributed by atoms with Crippen LogP contribution >= 0.6 is 0 Å². The summed E-state index contributed by atoms with van der Waals surface area (Å²) >= 11 is 0. The lowest BCUT2D eigenvalue weighted by molar-refractivity contribution is 0.198. The van der Waals surface area contributed by atoms with Gasteiger partial charge in [0.2, 0.25) is 0 Å². The fraction of sp³-hybridized carbons (Fsp3) is 0.615. The summed E-state index contributed by atoms with van der Waals surface area (Å²) in [4.78, 5) is 4.12. The van der Waals surface area contributed by atoms with Gasteiger partial charge in [0.15, 0.2) is 0 Å². The van der Waals surface area contributed by atoms with Crippen LogP contribution in [0.3, 0.4) is 0 Å². The summed E-state index contributed by atoms with van der Waals surface area (Å²) in [5.41, 5.74) is 1.33. The third-order valence-electron chi connectivity index (χ3n) is 2.62. The molecule has 0 saturated carbocycles. The Bertz CT molecular complexity index is 264. The molecule has 0 spiro atoms. The number of pyridine rings is 1. The zero-order valence-corrected chi connectivity index (χ0v) is 10.3. The molecule has 1 heterocycles. The molecular weight excluding hydrogens is 200 g/mol. The van der Waals surface area contributed by atoms with Gasteiger partial charge in [-0.25, -0.2) is 0 Å². The molecule has 1 N–H and O–H groups in total. The quantitative estimate of drug-likeness (QED) is 0.682. The average Bonchev–Trinajstić information content (AvgIpc) is 2.33. The largest absolute Gasteiger partial charge is 0.383 e. The molecular formula is C13H22N2O. The van der Waals surface area contributed by atoms with E-state index in [0.717, 1.165) is 26.1 Å². The summed E-state index contributed by atoms with van der Waals surface area (Å²) in [6, 6.07) is 4.13. The second-order valence-electron chi connectivity index (χ2n) is 4.20. The minimum absolute atomic E-state index is 0.692. The van der Waals surface area contributed by atoms with Gasteiger partial charge in [0.25, 0.3) is 0 Å². The first-order valence-corrected chi connectivity index (χ1v) is 5.91. The van der Waals surface area contributed by atoms with Crippen molar-refractivity contribution in [3.8, 4) is 0 Å². The number of aromatic nitrogens is 1. The molecule has 0 aromatic carbocycles. The van der Waals surface area contributed by atoms with Crippen molar-refractivity contribution in [2.75, 3.05) is 26.8 Å². The van der Waals surface area contributed by atoms with Crippen molar-refractivity contribution in [2.45, 2.75) is 19.8 Å². The Balaban J connectivity index is 2.08. The predicted molar refractivity (Wildman–Crippen MR) is 66.5 cm³/mol. The molecule has 0 bridgehead atoms. The number of hydrogen-bond acceptors (Lipinski definition) is 3. The van der Waals surface area contributed by atoms with Crippen LogP contribution in [0.25, 0.3) is 0 Å². The first kappa shape index (κ1) is 13.1. The maximum atomic E-state index is 4.98. The van der Waals surface area contributed by atoms with E-state index in [2.05, 4.69) is 23.3 Å². The van der Waals surface area contributed by atoms with E-state index in [1.807, 2.05) is 18.5 Å². The highest BCUT2D eigenvalue weighted by Crippen LogP contribution is 2.07. The lowest BCUT2D eigenvalue weighted by atomic mass is 10.0. The standard InChI is InChI=1S/C13H22N2O/c1-12(10-15-8-9-16-2)5-6-13-4-3-7-14-11-13/h3-4,7,11-12,15H,5-6,8-10H2,1-2H3. The maximum absolute atomic E-state index is 4.98. The molecule has 1 aromatic heterocycles. The highest BCUT2D eigenvalue weighted by atomic mass is 16.5. The van der Waals surface area contributed by atoms with E-state index in [4.69, 9.17) is 4.74 Å². The van der Waals surface area contributed by atoms with E-state index in [1.54, 1.807) is 7.11 Å². The zero-order chi connectivity index (χ0) is 11.6. The molecule has 0 saturated heterocycles. The van der Waals surface area contributed by atoms with Gasteiger partial charge in [-0.05, 0) is 36.9 Å². The molecule has 0 aliphatic heterocycles. The second kappa shape index (κ2) is 8.25. The van der Waals surface area contributed by atoms with Crippen molar-refractivity contribution < 1.29 is 4.74 Å². The minimum atomic E-state index is 0.692. The highest BCUT2D eigenvalue weighted by Gasteiger charge is 2.02. The van der Waals surface area contributed by atoms with Crippen molar-refractivity contribution in [3.05, 3.63) is 30.1 Å². The number of aryl methyl sites for hydroxylation is 1. The van der Waals surface area contributed by atoms with Crippen molar-refractivity contribution in [2.24, 2.45) is 5.92 Å². The number of ether oxygens (including phenoxy) is 1. The van der Waals surface area contributed by atoms with E-state index in [0.29, 0.717) is 5.92 Å². The Morgan fingerprint density at radius 2 is 2.38 bits per heavy atom. The monoisotopic (exact) mass is 222 g/mol. The SMILES string of the molecule is COCCNCC(C)CCc1cccnc1. The Morgan fingerprint density at radius 3 is 3.06 bits per heavy atom. The Labute approximate surface area is 98.2 Å². The molecule has 0 amide bonds. The van der Waals surface area contributed by atoms with E-state index in [1.165, 1.54) is 12.0 Å². The number of nitrogens with one attached hydrogen (secondary N) is 1. The van der Waals surface area contributed by atoms with Crippen molar-refractivity contribution in [3.63, 3.8) is 0 Å². The van der Waals surface area contributed by atoms with E-state index in [-0.39, 0.29) is 0 Å². The summed E-state index contributed by atoms with van der Waals surface area (Å²) in [7, 11) is 1.73. The van der Waals surface area contributed by atoms with E-state index in [9.17, 15) is 0 Å². The van der Waals surface area contributed by atoms with Crippen LogP contribution in [0.2, 0.25) is 0 Å². The minimum Gasteiger partial charge on any atom is -0.383 e. The topological polar surface area (TPSA) is 34.1 Å². The molecule has 0 fully saturated rings. The lowest BCUT2D eigenvalue weighted by Crippen LogP contribution is -2.25. The molecule has 3 heteroatoms. The van der Waals surface area contributed by atoms with Gasteiger partial charge >= 0.3 is 0 Å². The van der Waals surface area contributed by atoms with Crippen LogP contribution in [0.4, 0.5) is 0 Å². The van der Waals surface area contributed by atoms with Gasteiger partial charge in [0, 0.05) is 26.0 Å². The van der Waals surface area contributed by atoms with Crippen LogP contribution in [-0.4, -0.2) is 31.8 Å². The van der Waals surface area contributed by atoms with Crippen LogP contribution in [-0.2, 0) is 11.2 Å². The molecule has 1 unspecified atom stereocenters. The van der Waals surface area contributed by atoms with E-state index >= 15 is 0 Å². The van der Waals surface area contributed by atoms with Crippen LogP contribution in [0.5, 0.6) is 0 Å². The number of nitrogens with zero attached hydrogens (tertiary/aromatic N) is 1. The smallest absolute Gasteiger partial charge is 0.0587 e. The summed E-state index contributed by atoms with van der Waals surface area (Å²) < 4.78 is 4.98. The second-order valence-corrected chi connectivity index (χ2v) is 4.20. The molecule has 0 radical (unpaired) electrons. The Hall–Kier alpha value is -0.930. The van der Waals surface area contributed by atoms with Crippen LogP contribution in [0, 0.1) is 5.92 Å². The lowest BCUT2D eigenvalue weighted by Gasteiger charge is -2.12. The molecule has 16 heavy (non-hydrogen) atoms. The molecule has 1 atom stereocenters. The Morgan fingerprint density at radius 1 is 1.50 bits per heavy atom. The summed E-state index contributed by atoms with van der Waals surface area (Å²) in [5, 5.41) is 3.38. The fourth-order valence-corrected chi connectivity index (χ4v) is 1.58. The maximum Gasteiger partial charge on any atom is 0.0587 e. The molecule has 1 aromatic rings. The van der Waals surface area contributed by atoms with Gasteiger partial charge in [-0.2, -0.15) is 0 Å². The molecule has 90 valence electrons. The van der Waals surface area contributed by atoms with Gasteiger partial charge in [-0.3, -0.25) is 4.98 Å². The molecule has 0 aliphatic carbocycles. The third kappa shape index (κ3) is 5.83. The average molecular weight is 222 g/mol. The summed E-state index contributed by atoms with van der Waals surface area (Å²) in [6.45, 7) is 5.06. The third-order valence-corrected chi connectivity index (χ3v) is 2.62. The first-order valence-electron chi connectivity index (χ1n) is 5.91. The van der Waals surface area contributed by atoms with Crippen molar-refractivity contribution in [1.82, 2.24) is 10.3 Å². The molecule has 0 aliphatic rings. The fourth-order valence-electron chi connectivity index (χ4n) is 1.58. The van der Waals surface area contributed by atoms with E-state index < -0.39 is 0 Å². The van der Waals surface area contributed by atoms with Crippen LogP contribution in [0.1, 0.15) is 18.9 Å². The van der Waals surface area contributed by atoms with Gasteiger partial charge in [-0.15, -0.1) is 0 Å². The van der Waals surface area contributed by atoms with Crippen molar-refractivity contribution >= 4 is 0 Å². The van der Waals surface area contributed by atoms with Gasteiger partial charge in [-0.1, -0.05) is 13.0 Å². The van der Waals surface area contributed by atoms with Gasteiger partial charge < -0.3 is 10.1 Å². The first-order chi connectivity index (χ1) is 7.83. The summed E-state index contributed by atoms with van der Waals surface area (Å²) in [5.74, 6) is 0.692. The number of rotatable bonds is 8. The molecule has 1 rings (SSSR count). The number of methoxy groups -OCH3 is 1. The van der Waals surface area contributed by atoms with Gasteiger partial charge in [0.05, 0.1) is 6.61 Å². The van der Waals surface area contributed by atoms with Crippen LogP contribution in [0.15, 0.2) is 24.5 Å². The van der Waals surface area contributed by atoms with Crippen molar-refractivity contribution in [1.29, 1.82) is 0 Å². The Kier molecular flexibility index (Phi) is 6.77. The predicted octanol–water partition coefficient (Wildman–Crippen LogP) is 1.89. The zero-order valence-electron chi connectivity index (χ0n) is 10.3.